The molecule has 2 rings (SSSR count). The minimum atomic E-state index is -0.157. The first-order valence-corrected chi connectivity index (χ1v) is 6.83. The highest BCUT2D eigenvalue weighted by Crippen LogP contribution is 2.23. The zero-order valence-corrected chi connectivity index (χ0v) is 11.2. The van der Waals surface area contributed by atoms with Crippen LogP contribution < -0.4 is 5.32 Å². The number of hydrogen-bond donors (Lipinski definition) is 1. The number of nitrogens with one attached hydrogen (secondary N) is 1. The van der Waals surface area contributed by atoms with Crippen molar-refractivity contribution >= 4 is 5.91 Å². The average Bonchev–Trinajstić information content (AvgIpc) is 2.79. The molecular formula is C15H22N2O. The van der Waals surface area contributed by atoms with Crippen LogP contribution in [0.25, 0.3) is 0 Å². The molecule has 18 heavy (non-hydrogen) atoms. The number of rotatable bonds is 5. The largest absolute Gasteiger partial charge is 0.326 e. The second-order valence-electron chi connectivity index (χ2n) is 5.01. The highest BCUT2D eigenvalue weighted by molar-refractivity contribution is 5.85. The molecule has 0 aliphatic carbocycles. The third-order valence-electron chi connectivity index (χ3n) is 3.64. The molecule has 1 aliphatic heterocycles. The summed E-state index contributed by atoms with van der Waals surface area (Å²) < 4.78 is 0. The Kier molecular flexibility index (Phi) is 4.37. The summed E-state index contributed by atoms with van der Waals surface area (Å²) in [5.74, 6) is 0.213. The standard InChI is InChI=1S/C15H22N2O/c1-3-4-8-12(2)17-11-16-14(15(17)18)13-9-6-5-7-10-13/h5-7,9-10,12,14,16H,3-4,8,11H2,1-2H3. The van der Waals surface area contributed by atoms with Crippen LogP contribution in [0.3, 0.4) is 0 Å². The number of nitrogens with zero attached hydrogens (tertiary/aromatic N) is 1. The minimum absolute atomic E-state index is 0.157. The monoisotopic (exact) mass is 246 g/mol. The predicted octanol–water partition coefficient (Wildman–Crippen LogP) is 2.70. The molecule has 1 aromatic carbocycles. The van der Waals surface area contributed by atoms with Crippen LogP contribution >= 0.6 is 0 Å². The van der Waals surface area contributed by atoms with Gasteiger partial charge in [-0.2, -0.15) is 0 Å². The van der Waals surface area contributed by atoms with E-state index in [0.717, 1.165) is 12.0 Å². The van der Waals surface area contributed by atoms with E-state index in [9.17, 15) is 4.79 Å². The van der Waals surface area contributed by atoms with Crippen molar-refractivity contribution in [2.75, 3.05) is 6.67 Å². The van der Waals surface area contributed by atoms with E-state index in [-0.39, 0.29) is 11.9 Å². The highest BCUT2D eigenvalue weighted by atomic mass is 16.2. The van der Waals surface area contributed by atoms with Crippen molar-refractivity contribution in [2.45, 2.75) is 45.2 Å². The Labute approximate surface area is 109 Å². The van der Waals surface area contributed by atoms with Gasteiger partial charge < -0.3 is 4.90 Å². The van der Waals surface area contributed by atoms with Crippen LogP contribution in [0.15, 0.2) is 30.3 Å². The third-order valence-corrected chi connectivity index (χ3v) is 3.64. The number of carbonyl (C=O) groups excluding carboxylic acids is 1. The van der Waals surface area contributed by atoms with Gasteiger partial charge in [-0.25, -0.2) is 0 Å². The average molecular weight is 246 g/mol. The molecule has 1 fully saturated rings. The lowest BCUT2D eigenvalue weighted by Gasteiger charge is -2.23. The Morgan fingerprint density at radius 3 is 2.78 bits per heavy atom. The second kappa shape index (κ2) is 6.01. The number of hydrogen-bond acceptors (Lipinski definition) is 2. The molecule has 0 bridgehead atoms. The molecule has 1 aliphatic rings. The highest BCUT2D eigenvalue weighted by Gasteiger charge is 2.34. The molecule has 0 saturated carbocycles. The van der Waals surface area contributed by atoms with E-state index in [4.69, 9.17) is 0 Å². The first kappa shape index (κ1) is 13.1. The summed E-state index contributed by atoms with van der Waals surface area (Å²) in [5.41, 5.74) is 1.06. The summed E-state index contributed by atoms with van der Waals surface area (Å²) in [5, 5.41) is 3.31. The summed E-state index contributed by atoms with van der Waals surface area (Å²) in [6.45, 7) is 5.00. The van der Waals surface area contributed by atoms with Crippen LogP contribution in [-0.2, 0) is 4.79 Å². The zero-order valence-electron chi connectivity index (χ0n) is 11.2. The lowest BCUT2D eigenvalue weighted by Crippen LogP contribution is -2.35. The Morgan fingerprint density at radius 2 is 2.11 bits per heavy atom. The third kappa shape index (κ3) is 2.72. The number of unbranched alkanes of at least 4 members (excludes halogenated alkanes) is 1. The first-order valence-electron chi connectivity index (χ1n) is 6.83. The Hall–Kier alpha value is -1.35. The summed E-state index contributed by atoms with van der Waals surface area (Å²) in [4.78, 5) is 14.3. The van der Waals surface area contributed by atoms with Crippen LogP contribution in [0.4, 0.5) is 0 Å². The molecule has 0 aromatic heterocycles. The van der Waals surface area contributed by atoms with Crippen LogP contribution in [0.5, 0.6) is 0 Å². The molecule has 1 amide bonds. The fraction of sp³-hybridized carbons (Fsp3) is 0.533. The summed E-state index contributed by atoms with van der Waals surface area (Å²) in [6, 6.07) is 10.1. The van der Waals surface area contributed by atoms with Crippen molar-refractivity contribution in [1.82, 2.24) is 10.2 Å². The van der Waals surface area contributed by atoms with E-state index in [1.165, 1.54) is 12.8 Å². The Bertz CT molecular complexity index is 391. The lowest BCUT2D eigenvalue weighted by atomic mass is 10.1. The van der Waals surface area contributed by atoms with Gasteiger partial charge in [0.15, 0.2) is 0 Å². The van der Waals surface area contributed by atoms with Crippen molar-refractivity contribution < 1.29 is 4.79 Å². The van der Waals surface area contributed by atoms with Crippen molar-refractivity contribution in [3.63, 3.8) is 0 Å². The lowest BCUT2D eigenvalue weighted by molar-refractivity contribution is -0.130. The summed E-state index contributed by atoms with van der Waals surface area (Å²) in [6.07, 6.45) is 3.45. The molecular weight excluding hydrogens is 224 g/mol. The molecule has 1 saturated heterocycles. The van der Waals surface area contributed by atoms with E-state index in [1.54, 1.807) is 0 Å². The van der Waals surface area contributed by atoms with Crippen LogP contribution in [0.1, 0.15) is 44.7 Å². The SMILES string of the molecule is CCCCC(C)N1CNC(c2ccccc2)C1=O. The summed E-state index contributed by atoms with van der Waals surface area (Å²) in [7, 11) is 0. The van der Waals surface area contributed by atoms with Crippen LogP contribution in [0, 0.1) is 0 Å². The van der Waals surface area contributed by atoms with E-state index in [0.29, 0.717) is 12.7 Å². The molecule has 0 radical (unpaired) electrons. The molecule has 0 spiro atoms. The molecule has 3 nitrogen and oxygen atoms in total. The maximum absolute atomic E-state index is 12.4. The fourth-order valence-electron chi connectivity index (χ4n) is 2.46. The van der Waals surface area contributed by atoms with Crippen LogP contribution in [-0.4, -0.2) is 23.5 Å². The van der Waals surface area contributed by atoms with Gasteiger partial charge in [-0.15, -0.1) is 0 Å². The van der Waals surface area contributed by atoms with Crippen molar-refractivity contribution in [1.29, 1.82) is 0 Å². The Balaban J connectivity index is 2.01. The van der Waals surface area contributed by atoms with Gasteiger partial charge in [-0.05, 0) is 18.9 Å². The van der Waals surface area contributed by atoms with Gasteiger partial charge in [0.1, 0.15) is 6.04 Å². The van der Waals surface area contributed by atoms with E-state index in [1.807, 2.05) is 35.2 Å². The fourth-order valence-corrected chi connectivity index (χ4v) is 2.46. The van der Waals surface area contributed by atoms with Gasteiger partial charge in [0, 0.05) is 6.04 Å². The normalized spacial score (nSPS) is 21.3. The van der Waals surface area contributed by atoms with Gasteiger partial charge >= 0.3 is 0 Å². The minimum Gasteiger partial charge on any atom is -0.326 e. The maximum Gasteiger partial charge on any atom is 0.245 e. The van der Waals surface area contributed by atoms with E-state index in [2.05, 4.69) is 19.2 Å². The zero-order chi connectivity index (χ0) is 13.0. The van der Waals surface area contributed by atoms with Gasteiger partial charge in [0.05, 0.1) is 6.67 Å². The van der Waals surface area contributed by atoms with Crippen LogP contribution in [0.2, 0.25) is 0 Å². The smallest absolute Gasteiger partial charge is 0.245 e. The quantitative estimate of drug-likeness (QED) is 0.866. The molecule has 1 heterocycles. The molecule has 98 valence electrons. The molecule has 2 unspecified atom stereocenters. The van der Waals surface area contributed by atoms with E-state index < -0.39 is 0 Å². The molecule has 1 N–H and O–H groups in total. The molecule has 3 heteroatoms. The second-order valence-corrected chi connectivity index (χ2v) is 5.01. The van der Waals surface area contributed by atoms with Gasteiger partial charge in [-0.1, -0.05) is 50.1 Å². The maximum atomic E-state index is 12.4. The number of benzene rings is 1. The van der Waals surface area contributed by atoms with E-state index >= 15 is 0 Å². The topological polar surface area (TPSA) is 32.3 Å². The number of carbonyl (C=O) groups is 1. The van der Waals surface area contributed by atoms with Crippen molar-refractivity contribution in [2.24, 2.45) is 0 Å². The number of amides is 1. The predicted molar refractivity (Wildman–Crippen MR) is 73.0 cm³/mol. The summed E-state index contributed by atoms with van der Waals surface area (Å²) >= 11 is 0. The Morgan fingerprint density at radius 1 is 1.39 bits per heavy atom. The molecule has 1 aromatic rings. The van der Waals surface area contributed by atoms with Gasteiger partial charge in [0.25, 0.3) is 0 Å². The van der Waals surface area contributed by atoms with Gasteiger partial charge in [-0.3, -0.25) is 10.1 Å². The van der Waals surface area contributed by atoms with Crippen molar-refractivity contribution in [3.05, 3.63) is 35.9 Å². The first-order chi connectivity index (χ1) is 8.74. The van der Waals surface area contributed by atoms with Gasteiger partial charge in [0.2, 0.25) is 5.91 Å². The molecule has 2 atom stereocenters. The van der Waals surface area contributed by atoms with Crippen molar-refractivity contribution in [3.8, 4) is 0 Å².